The second-order valence-corrected chi connectivity index (χ2v) is 4.35. The van der Waals surface area contributed by atoms with E-state index in [1.54, 1.807) is 12.4 Å². The highest BCUT2D eigenvalue weighted by atomic mass is 15.2. The Hall–Kier alpha value is -1.32. The average molecular weight is 206 g/mol. The summed E-state index contributed by atoms with van der Waals surface area (Å²) in [7, 11) is 0. The Labute approximate surface area is 90.5 Å². The highest BCUT2D eigenvalue weighted by Crippen LogP contribution is 2.26. The average Bonchev–Trinajstić information content (AvgIpc) is 2.24. The molecule has 1 fully saturated rings. The van der Waals surface area contributed by atoms with Crippen LogP contribution >= 0.6 is 0 Å². The number of nitrogen functional groups attached to an aromatic ring is 1. The third kappa shape index (κ3) is 2.03. The zero-order valence-corrected chi connectivity index (χ0v) is 9.35. The van der Waals surface area contributed by atoms with Crippen LogP contribution in [0, 0.1) is 5.92 Å². The first-order valence-electron chi connectivity index (χ1n) is 5.52. The van der Waals surface area contributed by atoms with Crippen LogP contribution in [0.2, 0.25) is 0 Å². The quantitative estimate of drug-likeness (QED) is 0.759. The molecule has 0 amide bonds. The van der Waals surface area contributed by atoms with Crippen LogP contribution in [0.15, 0.2) is 12.4 Å². The van der Waals surface area contributed by atoms with E-state index in [9.17, 15) is 0 Å². The van der Waals surface area contributed by atoms with Crippen molar-refractivity contribution in [1.82, 2.24) is 9.97 Å². The van der Waals surface area contributed by atoms with Gasteiger partial charge in [0, 0.05) is 12.6 Å². The topological polar surface area (TPSA) is 55.0 Å². The van der Waals surface area contributed by atoms with E-state index in [1.807, 2.05) is 0 Å². The molecule has 0 aromatic carbocycles. The number of piperidine rings is 1. The van der Waals surface area contributed by atoms with Gasteiger partial charge in [-0.05, 0) is 25.7 Å². The van der Waals surface area contributed by atoms with Crippen molar-refractivity contribution < 1.29 is 0 Å². The van der Waals surface area contributed by atoms with E-state index in [2.05, 4.69) is 28.7 Å². The van der Waals surface area contributed by atoms with Crippen LogP contribution in [0.4, 0.5) is 11.6 Å². The summed E-state index contributed by atoms with van der Waals surface area (Å²) in [5.41, 5.74) is 5.53. The van der Waals surface area contributed by atoms with Crippen molar-refractivity contribution in [3.05, 3.63) is 12.4 Å². The number of anilines is 2. The fourth-order valence-electron chi connectivity index (χ4n) is 2.14. The minimum Gasteiger partial charge on any atom is -0.382 e. The van der Waals surface area contributed by atoms with Crippen LogP contribution in [0.25, 0.3) is 0 Å². The predicted octanol–water partition coefficient (Wildman–Crippen LogP) is 1.68. The van der Waals surface area contributed by atoms with E-state index in [4.69, 9.17) is 5.73 Å². The van der Waals surface area contributed by atoms with Gasteiger partial charge >= 0.3 is 0 Å². The molecule has 2 heterocycles. The molecule has 1 aliphatic rings. The maximum absolute atomic E-state index is 5.53. The summed E-state index contributed by atoms with van der Waals surface area (Å²) in [6.07, 6.45) is 5.93. The first-order valence-corrected chi connectivity index (χ1v) is 5.52. The number of aromatic nitrogens is 2. The molecule has 1 aliphatic heterocycles. The van der Waals surface area contributed by atoms with Crippen LogP contribution in [-0.4, -0.2) is 22.6 Å². The van der Waals surface area contributed by atoms with E-state index in [0.717, 1.165) is 18.3 Å². The van der Waals surface area contributed by atoms with Gasteiger partial charge in [-0.1, -0.05) is 6.92 Å². The zero-order valence-electron chi connectivity index (χ0n) is 9.35. The molecule has 0 aliphatic carbocycles. The van der Waals surface area contributed by atoms with Gasteiger partial charge in [0.15, 0.2) is 0 Å². The van der Waals surface area contributed by atoms with Gasteiger partial charge < -0.3 is 10.6 Å². The lowest BCUT2D eigenvalue weighted by molar-refractivity contribution is 0.361. The number of nitrogens with two attached hydrogens (primary N) is 1. The van der Waals surface area contributed by atoms with Crippen LogP contribution in [-0.2, 0) is 0 Å². The summed E-state index contributed by atoms with van der Waals surface area (Å²) in [6.45, 7) is 5.62. The van der Waals surface area contributed by atoms with E-state index in [0.29, 0.717) is 11.9 Å². The lowest BCUT2D eigenvalue weighted by Crippen LogP contribution is -2.42. The van der Waals surface area contributed by atoms with Gasteiger partial charge in [0.05, 0.1) is 12.4 Å². The van der Waals surface area contributed by atoms with E-state index in [1.165, 1.54) is 12.8 Å². The van der Waals surface area contributed by atoms with Crippen molar-refractivity contribution in [2.75, 3.05) is 17.2 Å². The molecule has 2 rings (SSSR count). The van der Waals surface area contributed by atoms with E-state index >= 15 is 0 Å². The first-order chi connectivity index (χ1) is 7.18. The van der Waals surface area contributed by atoms with Gasteiger partial charge in [-0.25, -0.2) is 9.97 Å². The Morgan fingerprint density at radius 3 is 2.80 bits per heavy atom. The Kier molecular flexibility index (Phi) is 2.75. The van der Waals surface area contributed by atoms with Crippen LogP contribution < -0.4 is 10.6 Å². The van der Waals surface area contributed by atoms with Crippen molar-refractivity contribution >= 4 is 11.6 Å². The number of hydrogen-bond acceptors (Lipinski definition) is 4. The number of hydrogen-bond donors (Lipinski definition) is 1. The Morgan fingerprint density at radius 2 is 2.13 bits per heavy atom. The minimum absolute atomic E-state index is 0.483. The lowest BCUT2D eigenvalue weighted by atomic mass is 9.92. The van der Waals surface area contributed by atoms with Crippen LogP contribution in [0.1, 0.15) is 26.7 Å². The molecule has 2 atom stereocenters. The lowest BCUT2D eigenvalue weighted by Gasteiger charge is -2.38. The molecule has 0 saturated carbocycles. The maximum atomic E-state index is 5.53. The third-order valence-electron chi connectivity index (χ3n) is 3.33. The van der Waals surface area contributed by atoms with Crippen LogP contribution in [0.5, 0.6) is 0 Å². The van der Waals surface area contributed by atoms with Crippen molar-refractivity contribution in [2.45, 2.75) is 32.7 Å². The summed E-state index contributed by atoms with van der Waals surface area (Å²) < 4.78 is 0. The third-order valence-corrected chi connectivity index (χ3v) is 3.33. The molecule has 1 aromatic rings. The highest BCUT2D eigenvalue weighted by Gasteiger charge is 2.25. The molecule has 1 saturated heterocycles. The number of rotatable bonds is 1. The van der Waals surface area contributed by atoms with E-state index < -0.39 is 0 Å². The van der Waals surface area contributed by atoms with Crippen molar-refractivity contribution in [3.8, 4) is 0 Å². The molecule has 0 radical (unpaired) electrons. The fraction of sp³-hybridized carbons (Fsp3) is 0.636. The molecule has 4 nitrogen and oxygen atoms in total. The van der Waals surface area contributed by atoms with Crippen molar-refractivity contribution in [3.63, 3.8) is 0 Å². The summed E-state index contributed by atoms with van der Waals surface area (Å²) in [5, 5.41) is 0. The Morgan fingerprint density at radius 1 is 1.33 bits per heavy atom. The highest BCUT2D eigenvalue weighted by molar-refractivity contribution is 5.40. The van der Waals surface area contributed by atoms with Gasteiger partial charge in [-0.15, -0.1) is 0 Å². The normalized spacial score (nSPS) is 26.7. The van der Waals surface area contributed by atoms with Gasteiger partial charge in [-0.2, -0.15) is 0 Å². The van der Waals surface area contributed by atoms with Crippen LogP contribution in [0.3, 0.4) is 0 Å². The van der Waals surface area contributed by atoms with Gasteiger partial charge in [0.25, 0.3) is 0 Å². The summed E-state index contributed by atoms with van der Waals surface area (Å²) in [5.74, 6) is 2.15. The minimum atomic E-state index is 0.483. The molecule has 15 heavy (non-hydrogen) atoms. The monoisotopic (exact) mass is 206 g/mol. The number of nitrogens with zero attached hydrogens (tertiary/aromatic N) is 3. The molecule has 82 valence electrons. The molecular formula is C11H18N4. The first kappa shape index (κ1) is 10.2. The van der Waals surface area contributed by atoms with Crippen molar-refractivity contribution in [2.24, 2.45) is 5.92 Å². The SMILES string of the molecule is CC1CCCN(c2cnc(N)cn2)C1C. The summed E-state index contributed by atoms with van der Waals surface area (Å²) in [4.78, 5) is 10.7. The van der Waals surface area contributed by atoms with Gasteiger partial charge in [0.2, 0.25) is 0 Å². The molecule has 0 bridgehead atoms. The Bertz CT molecular complexity index is 322. The predicted molar refractivity (Wildman–Crippen MR) is 61.7 cm³/mol. The zero-order chi connectivity index (χ0) is 10.8. The smallest absolute Gasteiger partial charge is 0.147 e. The molecular weight excluding hydrogens is 188 g/mol. The van der Waals surface area contributed by atoms with Gasteiger partial charge in [-0.3, -0.25) is 0 Å². The maximum Gasteiger partial charge on any atom is 0.147 e. The Balaban J connectivity index is 2.18. The molecule has 4 heteroatoms. The molecule has 1 aromatic heterocycles. The van der Waals surface area contributed by atoms with E-state index in [-0.39, 0.29) is 0 Å². The summed E-state index contributed by atoms with van der Waals surface area (Å²) in [6, 6.07) is 0.539. The second-order valence-electron chi connectivity index (χ2n) is 4.35. The van der Waals surface area contributed by atoms with Crippen molar-refractivity contribution in [1.29, 1.82) is 0 Å². The molecule has 2 unspecified atom stereocenters. The largest absolute Gasteiger partial charge is 0.382 e. The standard InChI is InChI=1S/C11H18N4/c1-8-4-3-5-15(9(8)2)11-7-13-10(12)6-14-11/h6-9H,3-5H2,1-2H3,(H2,12,13). The second kappa shape index (κ2) is 4.04. The summed E-state index contributed by atoms with van der Waals surface area (Å²) >= 11 is 0. The molecule has 0 spiro atoms. The molecule has 2 N–H and O–H groups in total. The fourth-order valence-corrected chi connectivity index (χ4v) is 2.14. The van der Waals surface area contributed by atoms with Gasteiger partial charge in [0.1, 0.15) is 11.6 Å².